The maximum absolute atomic E-state index is 5.85. The number of methoxy groups -OCH3 is 1. The van der Waals surface area contributed by atoms with E-state index in [1.54, 1.807) is 13.2 Å². The molecule has 0 radical (unpaired) electrons. The Kier molecular flexibility index (Phi) is 2.76. The number of hydrogen-bond donors (Lipinski definition) is 1. The first kappa shape index (κ1) is 9.13. The molecule has 1 aromatic rings. The normalized spacial score (nSPS) is 9.67. The third kappa shape index (κ3) is 1.61. The van der Waals surface area contributed by atoms with E-state index in [0.717, 1.165) is 11.4 Å². The lowest BCUT2D eigenvalue weighted by Crippen LogP contribution is -1.97. The van der Waals surface area contributed by atoms with E-state index in [-0.39, 0.29) is 0 Å². The lowest BCUT2D eigenvalue weighted by atomic mass is 10.3. The van der Waals surface area contributed by atoms with Crippen molar-refractivity contribution in [2.45, 2.75) is 6.92 Å². The molecule has 0 unspecified atom stereocenters. The van der Waals surface area contributed by atoms with Crippen LogP contribution in [0, 0.1) is 6.92 Å². The van der Waals surface area contributed by atoms with Gasteiger partial charge in [0.2, 0.25) is 5.88 Å². The molecular formula is C8H11ClN2O. The van der Waals surface area contributed by atoms with Gasteiger partial charge in [-0.1, -0.05) is 11.6 Å². The molecule has 66 valence electrons. The quantitative estimate of drug-likeness (QED) is 0.768. The van der Waals surface area contributed by atoms with Crippen molar-refractivity contribution < 1.29 is 4.74 Å². The molecule has 0 aromatic carbocycles. The highest BCUT2D eigenvalue weighted by Gasteiger charge is 2.05. The molecule has 1 N–H and O–H groups in total. The van der Waals surface area contributed by atoms with E-state index in [2.05, 4.69) is 10.3 Å². The first-order valence-corrected chi connectivity index (χ1v) is 3.95. The van der Waals surface area contributed by atoms with E-state index >= 15 is 0 Å². The number of aromatic nitrogens is 1. The lowest BCUT2D eigenvalue weighted by molar-refractivity contribution is 0.397. The molecule has 0 atom stereocenters. The van der Waals surface area contributed by atoms with Crippen LogP contribution >= 0.6 is 11.6 Å². The molecule has 0 aliphatic rings. The van der Waals surface area contributed by atoms with Crippen LogP contribution in [0.15, 0.2) is 6.07 Å². The fourth-order valence-corrected chi connectivity index (χ4v) is 1.18. The molecule has 4 heteroatoms. The van der Waals surface area contributed by atoms with Crippen LogP contribution in [0.1, 0.15) is 5.69 Å². The average Bonchev–Trinajstić information content (AvgIpc) is 2.08. The molecule has 3 nitrogen and oxygen atoms in total. The highest BCUT2D eigenvalue weighted by molar-refractivity contribution is 6.32. The van der Waals surface area contributed by atoms with E-state index in [0.29, 0.717) is 10.9 Å². The highest BCUT2D eigenvalue weighted by atomic mass is 35.5. The van der Waals surface area contributed by atoms with E-state index in [1.807, 2.05) is 14.0 Å². The number of halogens is 1. The number of ether oxygens (including phenoxy) is 1. The summed E-state index contributed by atoms with van der Waals surface area (Å²) in [6.07, 6.45) is 0. The van der Waals surface area contributed by atoms with Crippen molar-refractivity contribution in [3.05, 3.63) is 16.8 Å². The molecule has 1 heterocycles. The largest absolute Gasteiger partial charge is 0.480 e. The van der Waals surface area contributed by atoms with Crippen LogP contribution < -0.4 is 10.1 Å². The Morgan fingerprint density at radius 1 is 1.58 bits per heavy atom. The summed E-state index contributed by atoms with van der Waals surface area (Å²) in [6.45, 7) is 1.89. The molecule has 0 spiro atoms. The van der Waals surface area contributed by atoms with Gasteiger partial charge in [0.15, 0.2) is 0 Å². The predicted molar refractivity (Wildman–Crippen MR) is 50.1 cm³/mol. The summed E-state index contributed by atoms with van der Waals surface area (Å²) in [6, 6.07) is 1.79. The van der Waals surface area contributed by atoms with E-state index in [9.17, 15) is 0 Å². The Bertz CT molecular complexity index is 259. The zero-order chi connectivity index (χ0) is 9.14. The van der Waals surface area contributed by atoms with E-state index < -0.39 is 0 Å². The minimum Gasteiger partial charge on any atom is -0.480 e. The minimum atomic E-state index is 0.466. The number of anilines is 1. The predicted octanol–water partition coefficient (Wildman–Crippen LogP) is 2.09. The van der Waals surface area contributed by atoms with Gasteiger partial charge in [0.05, 0.1) is 18.5 Å². The summed E-state index contributed by atoms with van der Waals surface area (Å²) in [5.41, 5.74) is 1.79. The van der Waals surface area contributed by atoms with Gasteiger partial charge in [-0.3, -0.25) is 0 Å². The number of rotatable bonds is 2. The molecule has 0 aliphatic heterocycles. The van der Waals surface area contributed by atoms with Gasteiger partial charge in [0, 0.05) is 7.05 Å². The Morgan fingerprint density at radius 2 is 2.25 bits per heavy atom. The Morgan fingerprint density at radius 3 is 2.75 bits per heavy atom. The van der Waals surface area contributed by atoms with Crippen LogP contribution in [-0.4, -0.2) is 19.1 Å². The summed E-state index contributed by atoms with van der Waals surface area (Å²) in [7, 11) is 3.37. The molecule has 1 aromatic heterocycles. The van der Waals surface area contributed by atoms with E-state index in [4.69, 9.17) is 16.3 Å². The first-order valence-electron chi connectivity index (χ1n) is 3.58. The second-order valence-electron chi connectivity index (χ2n) is 2.36. The van der Waals surface area contributed by atoms with Gasteiger partial charge in [-0.2, -0.15) is 0 Å². The van der Waals surface area contributed by atoms with Crippen LogP contribution in [-0.2, 0) is 0 Å². The number of pyridine rings is 1. The maximum Gasteiger partial charge on any atom is 0.232 e. The SMILES string of the molecule is CNc1cc(Cl)c(OC)nc1C. The van der Waals surface area contributed by atoms with Gasteiger partial charge < -0.3 is 10.1 Å². The highest BCUT2D eigenvalue weighted by Crippen LogP contribution is 2.26. The Hall–Kier alpha value is -0.960. The van der Waals surface area contributed by atoms with Crippen LogP contribution in [0.5, 0.6) is 5.88 Å². The summed E-state index contributed by atoms with van der Waals surface area (Å²) in [5.74, 6) is 0.466. The number of aryl methyl sites for hydroxylation is 1. The molecule has 0 fully saturated rings. The van der Waals surface area contributed by atoms with Crippen molar-refractivity contribution >= 4 is 17.3 Å². The molecular weight excluding hydrogens is 176 g/mol. The third-order valence-corrected chi connectivity index (χ3v) is 1.87. The second kappa shape index (κ2) is 3.63. The van der Waals surface area contributed by atoms with Crippen LogP contribution in [0.3, 0.4) is 0 Å². The fraction of sp³-hybridized carbons (Fsp3) is 0.375. The maximum atomic E-state index is 5.85. The van der Waals surface area contributed by atoms with Gasteiger partial charge in [0.25, 0.3) is 0 Å². The van der Waals surface area contributed by atoms with Gasteiger partial charge in [-0.05, 0) is 13.0 Å². The lowest BCUT2D eigenvalue weighted by Gasteiger charge is -2.07. The third-order valence-electron chi connectivity index (χ3n) is 1.60. The Labute approximate surface area is 76.7 Å². The van der Waals surface area contributed by atoms with Gasteiger partial charge in [0.1, 0.15) is 5.02 Å². The van der Waals surface area contributed by atoms with Gasteiger partial charge >= 0.3 is 0 Å². The molecule has 0 bridgehead atoms. The molecule has 0 saturated carbocycles. The smallest absolute Gasteiger partial charge is 0.232 e. The van der Waals surface area contributed by atoms with Crippen molar-refractivity contribution in [1.82, 2.24) is 4.98 Å². The van der Waals surface area contributed by atoms with Crippen molar-refractivity contribution in [3.8, 4) is 5.88 Å². The first-order chi connectivity index (χ1) is 5.69. The summed E-state index contributed by atoms with van der Waals surface area (Å²) < 4.78 is 4.95. The number of hydrogen-bond acceptors (Lipinski definition) is 3. The summed E-state index contributed by atoms with van der Waals surface area (Å²) in [5, 5.41) is 3.51. The average molecular weight is 187 g/mol. The Balaban J connectivity index is 3.16. The van der Waals surface area contributed by atoms with Crippen molar-refractivity contribution in [1.29, 1.82) is 0 Å². The van der Waals surface area contributed by atoms with Crippen LogP contribution in [0.4, 0.5) is 5.69 Å². The topological polar surface area (TPSA) is 34.1 Å². The van der Waals surface area contributed by atoms with Crippen molar-refractivity contribution in [2.24, 2.45) is 0 Å². The molecule has 0 aliphatic carbocycles. The van der Waals surface area contributed by atoms with Crippen LogP contribution in [0.25, 0.3) is 0 Å². The number of nitrogens with zero attached hydrogens (tertiary/aromatic N) is 1. The molecule has 1 rings (SSSR count). The van der Waals surface area contributed by atoms with Gasteiger partial charge in [-0.15, -0.1) is 0 Å². The fourth-order valence-electron chi connectivity index (χ4n) is 0.955. The zero-order valence-electron chi connectivity index (χ0n) is 7.31. The molecule has 0 amide bonds. The van der Waals surface area contributed by atoms with Crippen molar-refractivity contribution in [2.75, 3.05) is 19.5 Å². The van der Waals surface area contributed by atoms with E-state index in [1.165, 1.54) is 0 Å². The minimum absolute atomic E-state index is 0.466. The number of nitrogens with one attached hydrogen (secondary N) is 1. The summed E-state index contributed by atoms with van der Waals surface area (Å²) >= 11 is 5.85. The monoisotopic (exact) mass is 186 g/mol. The second-order valence-corrected chi connectivity index (χ2v) is 2.77. The van der Waals surface area contributed by atoms with Crippen molar-refractivity contribution in [3.63, 3.8) is 0 Å². The van der Waals surface area contributed by atoms with Crippen LogP contribution in [0.2, 0.25) is 5.02 Å². The van der Waals surface area contributed by atoms with Gasteiger partial charge in [-0.25, -0.2) is 4.98 Å². The zero-order valence-corrected chi connectivity index (χ0v) is 8.07. The summed E-state index contributed by atoms with van der Waals surface area (Å²) in [4.78, 5) is 4.15. The standard InChI is InChI=1S/C8H11ClN2O/c1-5-7(10-2)4-6(9)8(11-5)12-3/h4,10H,1-3H3. The molecule has 0 saturated heterocycles. The molecule has 12 heavy (non-hydrogen) atoms.